The lowest BCUT2D eigenvalue weighted by atomic mass is 10.1. The van der Waals surface area contributed by atoms with E-state index in [-0.39, 0.29) is 24.1 Å². The van der Waals surface area contributed by atoms with Crippen molar-refractivity contribution >= 4 is 99.7 Å². The van der Waals surface area contributed by atoms with Gasteiger partial charge in [0, 0.05) is 43.3 Å². The van der Waals surface area contributed by atoms with E-state index in [0.29, 0.717) is 11.1 Å². The Morgan fingerprint density at radius 1 is 0.810 bits per heavy atom. The lowest BCUT2D eigenvalue weighted by Gasteiger charge is -2.03. The number of hydrogen-bond acceptors (Lipinski definition) is 6. The smallest absolute Gasteiger partial charge is 0.211 e. The van der Waals surface area contributed by atoms with Gasteiger partial charge < -0.3 is 5.11 Å². The van der Waals surface area contributed by atoms with Crippen LogP contribution in [0.2, 0.25) is 0 Å². The minimum absolute atomic E-state index is 0.216. The molecule has 0 saturated heterocycles. The molecule has 42 heavy (non-hydrogen) atoms. The lowest BCUT2D eigenvalue weighted by Crippen LogP contribution is -1.95. The number of hydrogen-bond donors (Lipinski definition) is 1. The van der Waals surface area contributed by atoms with Crippen molar-refractivity contribution in [1.29, 1.82) is 0 Å². The molecule has 15 heteroatoms. The highest BCUT2D eigenvalue weighted by atomic mass is 36.0. The fraction of sp³-hybridized carbons (Fsp3) is 0.333. The first-order valence-corrected chi connectivity index (χ1v) is 18.4. The quantitative estimate of drug-likeness (QED) is 0.144. The molecule has 0 atom stereocenters. The number of rotatable bonds is 8. The van der Waals surface area contributed by atoms with Crippen LogP contribution in [0.15, 0.2) is 47.2 Å². The molecule has 0 unspecified atom stereocenters. The van der Waals surface area contributed by atoms with Gasteiger partial charge in [-0.25, -0.2) is 23.0 Å². The average Bonchev–Trinajstić information content (AvgIpc) is 3.53. The number of aliphatic hydroxyl groups excluding tert-OH is 1. The fourth-order valence-corrected chi connectivity index (χ4v) is 4.83. The maximum Gasteiger partial charge on any atom is 0.211 e. The molecule has 0 saturated carbocycles. The van der Waals surface area contributed by atoms with Crippen molar-refractivity contribution < 1.29 is 18.1 Å². The van der Waals surface area contributed by atoms with E-state index < -0.39 is 13.5 Å². The SMILES string of the molecule is Cc1nc(CCc2ccc(CCl)c(F)c2)cs1.Cc1nc(CCc2ccc(CO)c(F)c2)cs1.ClC(Cl)Cl.O=S(Cl)Cl. The van der Waals surface area contributed by atoms with E-state index in [4.69, 9.17) is 55.7 Å². The molecular weight excluding hydrogens is 731 g/mol. The molecule has 2 aromatic heterocycles. The Labute approximate surface area is 284 Å². The Kier molecular flexibility index (Phi) is 20.7. The van der Waals surface area contributed by atoms with Crippen LogP contribution >= 0.6 is 90.4 Å². The van der Waals surface area contributed by atoms with Crippen LogP contribution in [0.4, 0.5) is 8.78 Å². The third-order valence-corrected chi connectivity index (χ3v) is 7.15. The molecule has 0 amide bonds. The zero-order chi connectivity index (χ0) is 31.7. The first-order chi connectivity index (χ1) is 19.8. The summed E-state index contributed by atoms with van der Waals surface area (Å²) in [6.07, 6.45) is 3.25. The Hall–Kier alpha value is -0.590. The Balaban J connectivity index is 0.000000336. The van der Waals surface area contributed by atoms with Gasteiger partial charge >= 0.3 is 0 Å². The zero-order valence-electron chi connectivity index (χ0n) is 22.4. The summed E-state index contributed by atoms with van der Waals surface area (Å²) >= 11 is 23.3. The number of aryl methyl sites for hydroxylation is 6. The van der Waals surface area contributed by atoms with Crippen LogP contribution in [-0.2, 0) is 47.4 Å². The van der Waals surface area contributed by atoms with Crippen LogP contribution in [-0.4, -0.2) is 23.6 Å². The molecule has 4 nitrogen and oxygen atoms in total. The van der Waals surface area contributed by atoms with E-state index in [9.17, 15) is 8.78 Å². The molecule has 4 aromatic rings. The number of benzene rings is 2. The van der Waals surface area contributed by atoms with Crippen molar-refractivity contribution in [2.75, 3.05) is 0 Å². The van der Waals surface area contributed by atoms with Crippen molar-refractivity contribution in [3.63, 3.8) is 0 Å². The fourth-order valence-electron chi connectivity index (χ4n) is 3.32. The Morgan fingerprint density at radius 3 is 1.48 bits per heavy atom. The van der Waals surface area contributed by atoms with E-state index in [1.54, 1.807) is 40.9 Å². The summed E-state index contributed by atoms with van der Waals surface area (Å²) in [5, 5.41) is 15.1. The second-order valence-corrected chi connectivity index (χ2v) is 15.2. The first kappa shape index (κ1) is 39.4. The highest BCUT2D eigenvalue weighted by Crippen LogP contribution is 2.16. The van der Waals surface area contributed by atoms with Crippen LogP contribution in [0.3, 0.4) is 0 Å². The molecule has 0 bridgehead atoms. The summed E-state index contributed by atoms with van der Waals surface area (Å²) < 4.78 is 35.2. The van der Waals surface area contributed by atoms with Gasteiger partial charge in [0.1, 0.15) is 11.6 Å². The van der Waals surface area contributed by atoms with Crippen molar-refractivity contribution in [2.45, 2.75) is 56.3 Å². The van der Waals surface area contributed by atoms with Crippen LogP contribution in [0.1, 0.15) is 43.7 Å². The molecule has 4 rings (SSSR count). The summed E-state index contributed by atoms with van der Waals surface area (Å²) in [6.45, 7) is 3.71. The van der Waals surface area contributed by atoms with Gasteiger partial charge in [-0.1, -0.05) is 59.1 Å². The molecule has 232 valence electrons. The van der Waals surface area contributed by atoms with Crippen LogP contribution in [0.5, 0.6) is 0 Å². The van der Waals surface area contributed by atoms with Gasteiger partial charge in [-0.05, 0) is 62.8 Å². The number of thiazole rings is 2. The summed E-state index contributed by atoms with van der Waals surface area (Å²) in [5.41, 5.74) is 4.96. The molecule has 0 spiro atoms. The van der Waals surface area contributed by atoms with E-state index in [2.05, 4.69) is 36.7 Å². The number of halogens is 8. The van der Waals surface area contributed by atoms with E-state index in [1.165, 1.54) is 6.07 Å². The minimum Gasteiger partial charge on any atom is -0.392 e. The second kappa shape index (κ2) is 22.0. The number of aliphatic hydroxyl groups is 1. The second-order valence-electron chi connectivity index (χ2n) is 8.29. The van der Waals surface area contributed by atoms with Gasteiger partial charge in [0.15, 0.2) is 4.30 Å². The molecular formula is C27H28Cl6F2N2O2S3. The number of aromatic nitrogens is 2. The van der Waals surface area contributed by atoms with E-state index >= 15 is 0 Å². The molecule has 0 radical (unpaired) electrons. The van der Waals surface area contributed by atoms with Crippen LogP contribution < -0.4 is 0 Å². The highest BCUT2D eigenvalue weighted by Gasteiger charge is 2.05. The van der Waals surface area contributed by atoms with Gasteiger partial charge in [0.25, 0.3) is 0 Å². The third-order valence-electron chi connectivity index (χ3n) is 5.22. The van der Waals surface area contributed by atoms with Crippen molar-refractivity contribution in [1.82, 2.24) is 9.97 Å². The third kappa shape index (κ3) is 17.6. The lowest BCUT2D eigenvalue weighted by molar-refractivity contribution is 0.275. The molecule has 0 fully saturated rings. The maximum atomic E-state index is 13.5. The normalized spacial score (nSPS) is 10.4. The Bertz CT molecular complexity index is 1270. The van der Waals surface area contributed by atoms with Gasteiger partial charge in [-0.15, -0.1) is 34.3 Å². The highest BCUT2D eigenvalue weighted by molar-refractivity contribution is 8.26. The predicted octanol–water partition coefficient (Wildman–Crippen LogP) is 10.0. The number of nitrogens with zero attached hydrogens (tertiary/aromatic N) is 2. The van der Waals surface area contributed by atoms with Gasteiger partial charge in [0.2, 0.25) is 9.23 Å². The zero-order valence-corrected chi connectivity index (χ0v) is 29.4. The van der Waals surface area contributed by atoms with E-state index in [1.807, 2.05) is 31.4 Å². The van der Waals surface area contributed by atoms with Crippen LogP contribution in [0.25, 0.3) is 0 Å². The van der Waals surface area contributed by atoms with E-state index in [0.717, 1.165) is 58.2 Å². The first-order valence-electron chi connectivity index (χ1n) is 12.0. The van der Waals surface area contributed by atoms with Crippen molar-refractivity contribution in [3.05, 3.63) is 102 Å². The number of alkyl halides is 4. The van der Waals surface area contributed by atoms with Gasteiger partial charge in [-0.3, -0.25) is 0 Å². The summed E-state index contributed by atoms with van der Waals surface area (Å²) in [7, 11) is 7.36. The molecule has 2 aromatic carbocycles. The predicted molar refractivity (Wildman–Crippen MR) is 178 cm³/mol. The molecule has 0 aliphatic heterocycles. The molecule has 0 aliphatic rings. The summed E-state index contributed by atoms with van der Waals surface area (Å²) in [5.74, 6) is -0.330. The topological polar surface area (TPSA) is 63.1 Å². The summed E-state index contributed by atoms with van der Waals surface area (Å²) in [6, 6.07) is 10.2. The summed E-state index contributed by atoms with van der Waals surface area (Å²) in [4.78, 5) is 8.75. The molecule has 2 heterocycles. The van der Waals surface area contributed by atoms with Crippen molar-refractivity contribution in [3.8, 4) is 0 Å². The van der Waals surface area contributed by atoms with Gasteiger partial charge in [0.05, 0.1) is 33.9 Å². The standard InChI is InChI=1S/C13H13ClFNS.C13H14FNOS.CHCl3.Cl2OS/c1-9-16-12(8-17-9)5-3-10-2-4-11(7-14)13(15)6-10;1-9-15-12(8-17-9)5-3-10-2-4-11(7-16)13(14)6-10;2-1(3)4;1-4(2)3/h2,4,6,8H,3,5,7H2,1H3;2,4,6,8,16H,3,5,7H2,1H3;1H;. The molecule has 1 N–H and O–H groups in total. The maximum absolute atomic E-state index is 13.5. The largest absolute Gasteiger partial charge is 0.392 e. The molecule has 0 aliphatic carbocycles. The monoisotopic (exact) mass is 756 g/mol. The van der Waals surface area contributed by atoms with Crippen LogP contribution in [0, 0.1) is 25.5 Å². The minimum atomic E-state index is -1.67. The van der Waals surface area contributed by atoms with Crippen molar-refractivity contribution in [2.24, 2.45) is 0 Å². The van der Waals surface area contributed by atoms with Gasteiger partial charge in [-0.2, -0.15) is 0 Å². The average molecular weight is 759 g/mol. The Morgan fingerprint density at radius 2 is 1.19 bits per heavy atom.